The molecule has 0 saturated carbocycles. The van der Waals surface area contributed by atoms with Gasteiger partial charge in [-0.05, 0) is 30.3 Å². The molecule has 0 atom stereocenters. The second-order valence-electron chi connectivity index (χ2n) is 4.85. The third kappa shape index (κ3) is 2.87. The molecule has 104 valence electrons. The molecule has 0 aliphatic carbocycles. The van der Waals surface area contributed by atoms with Crippen LogP contribution in [0.3, 0.4) is 0 Å². The van der Waals surface area contributed by atoms with Crippen molar-refractivity contribution in [1.29, 1.82) is 0 Å². The van der Waals surface area contributed by atoms with E-state index in [2.05, 4.69) is 11.1 Å². The maximum absolute atomic E-state index is 9.75. The topological polar surface area (TPSA) is 36.4 Å². The SMILES string of the molecule is CN(/C=C/c1ccccc1O)c1ccc2ccccc2n1. The van der Waals surface area contributed by atoms with Crippen molar-refractivity contribution in [2.24, 2.45) is 0 Å². The summed E-state index contributed by atoms with van der Waals surface area (Å²) in [6.45, 7) is 0. The summed E-state index contributed by atoms with van der Waals surface area (Å²) >= 11 is 0. The van der Waals surface area contributed by atoms with Crippen molar-refractivity contribution in [3.8, 4) is 5.75 Å². The standard InChI is InChI=1S/C18H16N2O/c1-20(13-12-15-7-3-5-9-17(15)21)18-11-10-14-6-2-4-8-16(14)19-18/h2-13,21H,1H3/b13-12+. The van der Waals surface area contributed by atoms with E-state index in [0.717, 1.165) is 22.3 Å². The molecule has 1 aromatic heterocycles. The van der Waals surface area contributed by atoms with Gasteiger partial charge in [-0.2, -0.15) is 0 Å². The fourth-order valence-electron chi connectivity index (χ4n) is 2.15. The number of aromatic hydroxyl groups is 1. The van der Waals surface area contributed by atoms with Gasteiger partial charge in [0.15, 0.2) is 0 Å². The Kier molecular flexibility index (Phi) is 3.56. The summed E-state index contributed by atoms with van der Waals surface area (Å²) < 4.78 is 0. The van der Waals surface area contributed by atoms with Gasteiger partial charge in [-0.3, -0.25) is 0 Å². The molecule has 0 saturated heterocycles. The second kappa shape index (κ2) is 5.67. The summed E-state index contributed by atoms with van der Waals surface area (Å²) in [7, 11) is 1.94. The number of para-hydroxylation sites is 2. The summed E-state index contributed by atoms with van der Waals surface area (Å²) in [5, 5.41) is 10.9. The first-order valence-corrected chi connectivity index (χ1v) is 6.79. The summed E-state index contributed by atoms with van der Waals surface area (Å²) in [6, 6.07) is 19.3. The minimum absolute atomic E-state index is 0.272. The molecule has 2 aromatic carbocycles. The molecular weight excluding hydrogens is 260 g/mol. The van der Waals surface area contributed by atoms with E-state index in [-0.39, 0.29) is 5.75 Å². The Morgan fingerprint density at radius 2 is 1.71 bits per heavy atom. The molecule has 0 unspecified atom stereocenters. The first kappa shape index (κ1) is 13.2. The van der Waals surface area contributed by atoms with Gasteiger partial charge in [-0.25, -0.2) is 4.98 Å². The summed E-state index contributed by atoms with van der Waals surface area (Å²) in [6.07, 6.45) is 3.76. The van der Waals surface area contributed by atoms with Crippen molar-refractivity contribution in [2.75, 3.05) is 11.9 Å². The highest BCUT2D eigenvalue weighted by Gasteiger charge is 2.01. The smallest absolute Gasteiger partial charge is 0.132 e. The van der Waals surface area contributed by atoms with E-state index in [1.807, 2.05) is 66.7 Å². The lowest BCUT2D eigenvalue weighted by molar-refractivity contribution is 0.474. The van der Waals surface area contributed by atoms with Crippen LogP contribution in [0.5, 0.6) is 5.75 Å². The van der Waals surface area contributed by atoms with Crippen LogP contribution in [-0.2, 0) is 0 Å². The highest BCUT2D eigenvalue weighted by Crippen LogP contribution is 2.20. The van der Waals surface area contributed by atoms with E-state index in [1.165, 1.54) is 0 Å². The van der Waals surface area contributed by atoms with Gasteiger partial charge in [0.2, 0.25) is 0 Å². The zero-order valence-electron chi connectivity index (χ0n) is 11.8. The second-order valence-corrected chi connectivity index (χ2v) is 4.85. The number of rotatable bonds is 3. The van der Waals surface area contributed by atoms with Crippen molar-refractivity contribution in [1.82, 2.24) is 4.98 Å². The lowest BCUT2D eigenvalue weighted by Gasteiger charge is -2.13. The van der Waals surface area contributed by atoms with Crippen LogP contribution < -0.4 is 4.90 Å². The lowest BCUT2D eigenvalue weighted by atomic mass is 10.2. The molecular formula is C18H16N2O. The molecule has 0 radical (unpaired) electrons. The predicted octanol–water partition coefficient (Wildman–Crippen LogP) is 4.05. The average Bonchev–Trinajstić information content (AvgIpc) is 2.53. The quantitative estimate of drug-likeness (QED) is 0.784. The number of fused-ring (bicyclic) bond motifs is 1. The zero-order valence-corrected chi connectivity index (χ0v) is 11.8. The Labute approximate surface area is 123 Å². The Morgan fingerprint density at radius 3 is 2.57 bits per heavy atom. The summed E-state index contributed by atoms with van der Waals surface area (Å²) in [5.41, 5.74) is 1.75. The van der Waals surface area contributed by atoms with Crippen LogP contribution in [0.15, 0.2) is 66.9 Å². The molecule has 0 aliphatic heterocycles. The maximum Gasteiger partial charge on any atom is 0.132 e. The molecule has 1 N–H and O–H groups in total. The van der Waals surface area contributed by atoms with Crippen molar-refractivity contribution < 1.29 is 5.11 Å². The van der Waals surface area contributed by atoms with Gasteiger partial charge in [-0.1, -0.05) is 36.4 Å². The average molecular weight is 276 g/mol. The van der Waals surface area contributed by atoms with Crippen LogP contribution in [-0.4, -0.2) is 17.1 Å². The van der Waals surface area contributed by atoms with Crippen LogP contribution in [0.2, 0.25) is 0 Å². The molecule has 21 heavy (non-hydrogen) atoms. The highest BCUT2D eigenvalue weighted by molar-refractivity contribution is 5.80. The maximum atomic E-state index is 9.75. The number of phenolic OH excluding ortho intramolecular Hbond substituents is 1. The van der Waals surface area contributed by atoms with Crippen molar-refractivity contribution >= 4 is 22.8 Å². The molecule has 0 aliphatic rings. The van der Waals surface area contributed by atoms with Crippen LogP contribution in [0.4, 0.5) is 5.82 Å². The number of hydrogen-bond donors (Lipinski definition) is 1. The minimum atomic E-state index is 0.272. The molecule has 0 amide bonds. The van der Waals surface area contributed by atoms with Gasteiger partial charge in [0.25, 0.3) is 0 Å². The largest absolute Gasteiger partial charge is 0.507 e. The van der Waals surface area contributed by atoms with Gasteiger partial charge >= 0.3 is 0 Å². The van der Waals surface area contributed by atoms with E-state index in [9.17, 15) is 5.11 Å². The number of phenols is 1. The van der Waals surface area contributed by atoms with Crippen molar-refractivity contribution in [3.63, 3.8) is 0 Å². The fourth-order valence-corrected chi connectivity index (χ4v) is 2.15. The highest BCUT2D eigenvalue weighted by atomic mass is 16.3. The molecule has 0 spiro atoms. The molecule has 0 bridgehead atoms. The first-order chi connectivity index (χ1) is 10.2. The van der Waals surface area contributed by atoms with Gasteiger partial charge in [0.05, 0.1) is 5.52 Å². The van der Waals surface area contributed by atoms with E-state index in [1.54, 1.807) is 12.1 Å². The summed E-state index contributed by atoms with van der Waals surface area (Å²) in [5.74, 6) is 1.13. The van der Waals surface area contributed by atoms with Crippen LogP contribution in [0.1, 0.15) is 5.56 Å². The van der Waals surface area contributed by atoms with E-state index in [0.29, 0.717) is 0 Å². The number of anilines is 1. The summed E-state index contributed by atoms with van der Waals surface area (Å²) in [4.78, 5) is 6.55. The number of pyridine rings is 1. The predicted molar refractivity (Wildman–Crippen MR) is 87.3 cm³/mol. The van der Waals surface area contributed by atoms with Gasteiger partial charge in [0, 0.05) is 24.2 Å². The molecule has 1 heterocycles. The Morgan fingerprint density at radius 1 is 0.952 bits per heavy atom. The minimum Gasteiger partial charge on any atom is -0.507 e. The molecule has 3 heteroatoms. The number of hydrogen-bond acceptors (Lipinski definition) is 3. The monoisotopic (exact) mass is 276 g/mol. The van der Waals surface area contributed by atoms with Crippen LogP contribution >= 0.6 is 0 Å². The van der Waals surface area contributed by atoms with Crippen LogP contribution in [0.25, 0.3) is 17.0 Å². The molecule has 3 nitrogen and oxygen atoms in total. The third-order valence-corrected chi connectivity index (χ3v) is 3.36. The normalized spacial score (nSPS) is 11.1. The fraction of sp³-hybridized carbons (Fsp3) is 0.0556. The Bertz CT molecular complexity index is 796. The van der Waals surface area contributed by atoms with Crippen molar-refractivity contribution in [3.05, 3.63) is 72.4 Å². The molecule has 3 rings (SSSR count). The number of nitrogens with zero attached hydrogens (tertiary/aromatic N) is 2. The molecule has 3 aromatic rings. The van der Waals surface area contributed by atoms with Gasteiger partial charge in [-0.15, -0.1) is 0 Å². The number of aromatic nitrogens is 1. The van der Waals surface area contributed by atoms with Gasteiger partial charge < -0.3 is 10.0 Å². The van der Waals surface area contributed by atoms with Crippen LogP contribution in [0, 0.1) is 0 Å². The number of benzene rings is 2. The van der Waals surface area contributed by atoms with E-state index in [4.69, 9.17) is 0 Å². The Balaban J connectivity index is 1.87. The molecule has 0 fully saturated rings. The zero-order chi connectivity index (χ0) is 14.7. The first-order valence-electron chi connectivity index (χ1n) is 6.79. The van der Waals surface area contributed by atoms with E-state index >= 15 is 0 Å². The van der Waals surface area contributed by atoms with E-state index < -0.39 is 0 Å². The third-order valence-electron chi connectivity index (χ3n) is 3.36. The Hall–Kier alpha value is -2.81. The lowest BCUT2D eigenvalue weighted by Crippen LogP contribution is -2.09. The van der Waals surface area contributed by atoms with Gasteiger partial charge in [0.1, 0.15) is 11.6 Å². The van der Waals surface area contributed by atoms with Crippen molar-refractivity contribution in [2.45, 2.75) is 0 Å².